The molecule has 0 atom stereocenters. The van der Waals surface area contributed by atoms with Crippen molar-refractivity contribution in [2.75, 3.05) is 13.1 Å². The van der Waals surface area contributed by atoms with Crippen LogP contribution in [0.3, 0.4) is 0 Å². The Morgan fingerprint density at radius 3 is 2.42 bits per heavy atom. The van der Waals surface area contributed by atoms with Crippen molar-refractivity contribution in [2.45, 2.75) is 11.0 Å². The summed E-state index contributed by atoms with van der Waals surface area (Å²) in [4.78, 5) is 8.75. The summed E-state index contributed by atoms with van der Waals surface area (Å²) in [5.41, 5.74) is 1.54. The van der Waals surface area contributed by atoms with Crippen LogP contribution in [0, 0.1) is 0 Å². The van der Waals surface area contributed by atoms with Crippen LogP contribution in [0.1, 0.15) is 0 Å². The number of rotatable bonds is 6. The second-order valence-electron chi connectivity index (χ2n) is 7.06. The number of hydrogen-bond acceptors (Lipinski definition) is 7. The lowest BCUT2D eigenvalue weighted by Crippen LogP contribution is -2.55. The number of nitrogens with zero attached hydrogens (tertiary/aromatic N) is 4. The van der Waals surface area contributed by atoms with Gasteiger partial charge in [0.2, 0.25) is 15.8 Å². The van der Waals surface area contributed by atoms with E-state index in [1.165, 1.54) is 4.31 Å². The summed E-state index contributed by atoms with van der Waals surface area (Å²) >= 11 is 0. The molecule has 0 N–H and O–H groups in total. The average molecular weight is 434 g/mol. The summed E-state index contributed by atoms with van der Waals surface area (Å²) in [6, 6.07) is 19.4. The molecule has 31 heavy (non-hydrogen) atoms. The number of benzene rings is 2. The highest BCUT2D eigenvalue weighted by Gasteiger charge is 2.38. The largest absolute Gasteiger partial charge is 0.488 e. The van der Waals surface area contributed by atoms with Crippen LogP contribution in [-0.2, 0) is 10.0 Å². The van der Waals surface area contributed by atoms with Gasteiger partial charge in [0, 0.05) is 18.0 Å². The molecule has 0 amide bonds. The van der Waals surface area contributed by atoms with Gasteiger partial charge >= 0.3 is 0 Å². The molecule has 9 heteroatoms. The molecule has 3 heterocycles. The maximum atomic E-state index is 12.6. The van der Waals surface area contributed by atoms with E-state index in [0.29, 0.717) is 35.4 Å². The maximum absolute atomic E-state index is 12.6. The van der Waals surface area contributed by atoms with Crippen LogP contribution in [-0.4, -0.2) is 47.0 Å². The van der Waals surface area contributed by atoms with Crippen LogP contribution in [0.5, 0.6) is 5.75 Å². The van der Waals surface area contributed by atoms with E-state index in [0.717, 1.165) is 11.1 Å². The van der Waals surface area contributed by atoms with Gasteiger partial charge in [-0.2, -0.15) is 9.29 Å². The minimum absolute atomic E-state index is 0.188. The second-order valence-corrected chi connectivity index (χ2v) is 9.00. The summed E-state index contributed by atoms with van der Waals surface area (Å²) in [5.74, 6) is 1.52. The predicted molar refractivity (Wildman–Crippen MR) is 113 cm³/mol. The molecule has 0 aliphatic carbocycles. The lowest BCUT2D eigenvalue weighted by Gasteiger charge is -2.37. The first-order valence-corrected chi connectivity index (χ1v) is 11.1. The molecule has 4 aromatic rings. The van der Waals surface area contributed by atoms with Gasteiger partial charge in [-0.3, -0.25) is 4.98 Å². The summed E-state index contributed by atoms with van der Waals surface area (Å²) in [5, 5.41) is 4.02. The zero-order valence-electron chi connectivity index (χ0n) is 16.3. The first-order chi connectivity index (χ1) is 15.1. The summed E-state index contributed by atoms with van der Waals surface area (Å²) in [7, 11) is -3.47. The molecule has 1 saturated heterocycles. The topological polar surface area (TPSA) is 98.4 Å². The SMILES string of the molecule is O=S(=O)(c1ccccc1)N1CC(Oc2ccc(-c3noc(-c4cccnc4)n3)cc2)C1. The number of sulfonamides is 1. The smallest absolute Gasteiger partial charge is 0.259 e. The Bertz CT molecular complexity index is 1270. The predicted octanol–water partition coefficient (Wildman–Crippen LogP) is 3.25. The number of ether oxygens (including phenoxy) is 1. The summed E-state index contributed by atoms with van der Waals surface area (Å²) < 4.78 is 37.8. The van der Waals surface area contributed by atoms with E-state index in [-0.39, 0.29) is 6.10 Å². The molecule has 0 saturated carbocycles. The van der Waals surface area contributed by atoms with Gasteiger partial charge in [-0.15, -0.1) is 0 Å². The molecule has 0 unspecified atom stereocenters. The van der Waals surface area contributed by atoms with Crippen molar-refractivity contribution in [1.29, 1.82) is 0 Å². The molecule has 1 fully saturated rings. The molecule has 2 aromatic heterocycles. The Hall–Kier alpha value is -3.56. The molecular formula is C22H18N4O4S. The third kappa shape index (κ3) is 3.92. The van der Waals surface area contributed by atoms with Gasteiger partial charge in [0.05, 0.1) is 23.5 Å². The Balaban J connectivity index is 1.21. The fourth-order valence-corrected chi connectivity index (χ4v) is 4.76. The van der Waals surface area contributed by atoms with Gasteiger partial charge in [-0.25, -0.2) is 8.42 Å². The highest BCUT2D eigenvalue weighted by Crippen LogP contribution is 2.27. The Kier molecular flexibility index (Phi) is 4.97. The molecule has 5 rings (SSSR count). The van der Waals surface area contributed by atoms with Crippen LogP contribution in [0.25, 0.3) is 22.8 Å². The van der Waals surface area contributed by atoms with Crippen molar-refractivity contribution in [3.05, 3.63) is 79.1 Å². The van der Waals surface area contributed by atoms with E-state index in [4.69, 9.17) is 9.26 Å². The van der Waals surface area contributed by atoms with Crippen molar-refractivity contribution >= 4 is 10.0 Å². The minimum Gasteiger partial charge on any atom is -0.488 e. The molecule has 1 aliphatic heterocycles. The van der Waals surface area contributed by atoms with Crippen LogP contribution in [0.2, 0.25) is 0 Å². The summed E-state index contributed by atoms with van der Waals surface area (Å²) in [6.45, 7) is 0.635. The monoisotopic (exact) mass is 434 g/mol. The van der Waals surface area contributed by atoms with E-state index in [1.807, 2.05) is 30.3 Å². The van der Waals surface area contributed by atoms with E-state index in [2.05, 4.69) is 15.1 Å². The van der Waals surface area contributed by atoms with Crippen molar-refractivity contribution in [1.82, 2.24) is 19.4 Å². The maximum Gasteiger partial charge on any atom is 0.259 e. The lowest BCUT2D eigenvalue weighted by molar-refractivity contribution is 0.0762. The van der Waals surface area contributed by atoms with E-state index >= 15 is 0 Å². The van der Waals surface area contributed by atoms with Crippen LogP contribution in [0.4, 0.5) is 0 Å². The third-order valence-corrected chi connectivity index (χ3v) is 6.79. The van der Waals surface area contributed by atoms with Crippen LogP contribution < -0.4 is 4.74 Å². The van der Waals surface area contributed by atoms with Crippen LogP contribution in [0.15, 0.2) is 88.5 Å². The lowest BCUT2D eigenvalue weighted by atomic mass is 10.2. The summed E-state index contributed by atoms with van der Waals surface area (Å²) in [6.07, 6.45) is 3.15. The fourth-order valence-electron chi connectivity index (χ4n) is 3.24. The highest BCUT2D eigenvalue weighted by molar-refractivity contribution is 7.89. The zero-order chi connectivity index (χ0) is 21.3. The fraction of sp³-hybridized carbons (Fsp3) is 0.136. The molecule has 8 nitrogen and oxygen atoms in total. The number of aromatic nitrogens is 3. The molecule has 156 valence electrons. The van der Waals surface area contributed by atoms with E-state index in [1.54, 1.807) is 48.8 Å². The molecular weight excluding hydrogens is 416 g/mol. The van der Waals surface area contributed by atoms with Gasteiger partial charge in [0.1, 0.15) is 11.9 Å². The molecule has 1 aliphatic rings. The Labute approximate surface area is 179 Å². The van der Waals surface area contributed by atoms with E-state index < -0.39 is 10.0 Å². The van der Waals surface area contributed by atoms with Crippen molar-refractivity contribution in [3.63, 3.8) is 0 Å². The molecule has 0 bridgehead atoms. The normalized spacial score (nSPS) is 14.8. The molecule has 0 radical (unpaired) electrons. The first kappa shape index (κ1) is 19.4. The second kappa shape index (κ2) is 7.93. The van der Waals surface area contributed by atoms with Gasteiger partial charge in [0.25, 0.3) is 5.89 Å². The quantitative estimate of drug-likeness (QED) is 0.459. The van der Waals surface area contributed by atoms with E-state index in [9.17, 15) is 8.42 Å². The average Bonchev–Trinajstić information content (AvgIpc) is 3.28. The van der Waals surface area contributed by atoms with Gasteiger partial charge < -0.3 is 9.26 Å². The molecule has 2 aromatic carbocycles. The van der Waals surface area contributed by atoms with Gasteiger partial charge in [-0.05, 0) is 48.5 Å². The highest BCUT2D eigenvalue weighted by atomic mass is 32.2. The third-order valence-electron chi connectivity index (χ3n) is 4.95. The zero-order valence-corrected chi connectivity index (χ0v) is 17.1. The Morgan fingerprint density at radius 2 is 1.71 bits per heavy atom. The van der Waals surface area contributed by atoms with Crippen LogP contribution >= 0.6 is 0 Å². The van der Waals surface area contributed by atoms with Crippen molar-refractivity contribution < 1.29 is 17.7 Å². The first-order valence-electron chi connectivity index (χ1n) is 9.66. The number of pyridine rings is 1. The Morgan fingerprint density at radius 1 is 0.935 bits per heavy atom. The minimum atomic E-state index is -3.47. The standard InChI is InChI=1S/C22H18N4O4S/c27-31(28,20-6-2-1-3-7-20)26-14-19(15-26)29-18-10-8-16(9-11-18)21-24-22(30-25-21)17-5-4-12-23-13-17/h1-13,19H,14-15H2. The van der Waals surface area contributed by atoms with Crippen molar-refractivity contribution in [3.8, 4) is 28.6 Å². The van der Waals surface area contributed by atoms with Crippen molar-refractivity contribution in [2.24, 2.45) is 0 Å². The van der Waals surface area contributed by atoms with Gasteiger partial charge in [0.15, 0.2) is 0 Å². The molecule has 0 spiro atoms. The van der Waals surface area contributed by atoms with Gasteiger partial charge in [-0.1, -0.05) is 23.4 Å². The number of hydrogen-bond donors (Lipinski definition) is 0.